The summed E-state index contributed by atoms with van der Waals surface area (Å²) in [6, 6.07) is 0. The molecule has 1 fully saturated rings. The number of nitrogens with two attached hydrogens (primary N) is 1. The van der Waals surface area contributed by atoms with Crippen LogP contribution in [-0.2, 0) is 18.4 Å². The summed E-state index contributed by atoms with van der Waals surface area (Å²) < 4.78 is 34.4. The fraction of sp³-hybridized carbons (Fsp3) is 0.500. The molecule has 15 heteroatoms. The number of rotatable bonds is 6. The van der Waals surface area contributed by atoms with Crippen molar-refractivity contribution in [1.29, 1.82) is 0 Å². The number of hydrogen-bond donors (Lipinski definition) is 5. The van der Waals surface area contributed by atoms with Crippen LogP contribution in [0.15, 0.2) is 12.7 Å². The number of aromatic nitrogens is 4. The Labute approximate surface area is 152 Å². The predicted octanol–water partition coefficient (Wildman–Crippen LogP) is -0.874. The number of imidazole rings is 1. The Hall–Kier alpha value is -1.43. The van der Waals surface area contributed by atoms with E-state index in [1.807, 2.05) is 0 Å². The van der Waals surface area contributed by atoms with E-state index in [2.05, 4.69) is 15.0 Å². The van der Waals surface area contributed by atoms with Gasteiger partial charge in [-0.15, -0.1) is 0 Å². The molecule has 0 saturated carbocycles. The molecule has 6 atom stereocenters. The van der Waals surface area contributed by atoms with E-state index in [1.165, 1.54) is 17.2 Å². The summed E-state index contributed by atoms with van der Waals surface area (Å²) in [4.78, 5) is 30.4. The second-order valence-corrected chi connectivity index (χ2v) is 10.1. The monoisotopic (exact) mass is 421 g/mol. The topological polar surface area (TPSA) is 203 Å². The largest absolute Gasteiger partial charge is 0.387 e. The molecule has 0 aliphatic carbocycles. The minimum absolute atomic E-state index is 0.114. The van der Waals surface area contributed by atoms with Crippen LogP contribution in [-0.4, -0.2) is 70.3 Å². The lowest BCUT2D eigenvalue weighted by Crippen LogP contribution is -2.33. The van der Waals surface area contributed by atoms with Crippen molar-refractivity contribution in [2.75, 3.05) is 18.2 Å². The Morgan fingerprint density at radius 2 is 1.96 bits per heavy atom. The third-order valence-electron chi connectivity index (χ3n) is 3.82. The number of nitrogens with zero attached hydrogens (tertiary/aromatic N) is 4. The van der Waals surface area contributed by atoms with Gasteiger partial charge in [0.2, 0.25) is 7.37 Å². The van der Waals surface area contributed by atoms with Gasteiger partial charge in [-0.05, 0) is 0 Å². The van der Waals surface area contributed by atoms with E-state index in [-0.39, 0.29) is 17.0 Å². The fourth-order valence-corrected chi connectivity index (χ4v) is 5.39. The lowest BCUT2D eigenvalue weighted by Gasteiger charge is -2.18. The molecule has 0 bridgehead atoms. The molecule has 148 valence electrons. The Morgan fingerprint density at radius 1 is 1.26 bits per heavy atom. The van der Waals surface area contributed by atoms with E-state index < -0.39 is 52.0 Å². The van der Waals surface area contributed by atoms with Crippen LogP contribution >= 0.6 is 15.0 Å². The number of nitrogen functional groups attached to an aromatic ring is 1. The maximum Gasteiger partial charge on any atom is 0.337 e. The zero-order valence-corrected chi connectivity index (χ0v) is 15.4. The van der Waals surface area contributed by atoms with Gasteiger partial charge in [-0.2, -0.15) is 0 Å². The average Bonchev–Trinajstić information content (AvgIpc) is 3.07. The first-order chi connectivity index (χ1) is 12.5. The van der Waals surface area contributed by atoms with Crippen molar-refractivity contribution >= 4 is 31.9 Å². The smallest absolute Gasteiger partial charge is 0.337 e. The highest BCUT2D eigenvalue weighted by molar-refractivity contribution is 7.73. The number of anilines is 1. The summed E-state index contributed by atoms with van der Waals surface area (Å²) >= 11 is 0. The van der Waals surface area contributed by atoms with Gasteiger partial charge >= 0.3 is 7.60 Å². The van der Waals surface area contributed by atoms with Crippen LogP contribution in [0.4, 0.5) is 5.82 Å². The summed E-state index contributed by atoms with van der Waals surface area (Å²) in [6.45, 7) is 4.22. The van der Waals surface area contributed by atoms with Crippen molar-refractivity contribution in [3.63, 3.8) is 0 Å². The summed E-state index contributed by atoms with van der Waals surface area (Å²) in [5, 5.41) is 20.4. The number of fused-ring (bicyclic) bond motifs is 1. The summed E-state index contributed by atoms with van der Waals surface area (Å²) in [7, 11) is -8.79. The molecule has 2 aromatic heterocycles. The van der Waals surface area contributed by atoms with Gasteiger partial charge in [-0.25, -0.2) is 15.0 Å². The Morgan fingerprint density at radius 3 is 2.63 bits per heavy atom. The molecule has 2 radical (unpaired) electrons. The first-order valence-electron chi connectivity index (χ1n) is 7.50. The van der Waals surface area contributed by atoms with Crippen molar-refractivity contribution in [2.45, 2.75) is 24.5 Å². The molecular formula is C12H17N5O8P2. The molecule has 0 spiro atoms. The minimum Gasteiger partial charge on any atom is -0.387 e. The maximum absolute atomic E-state index is 11.8. The Kier molecular flexibility index (Phi) is 5.41. The fourth-order valence-electron chi connectivity index (χ4n) is 2.64. The van der Waals surface area contributed by atoms with Gasteiger partial charge in [0.15, 0.2) is 17.7 Å². The molecule has 3 rings (SSSR count). The molecule has 0 aromatic carbocycles. The zero-order chi connectivity index (χ0) is 20.0. The maximum atomic E-state index is 11.8. The third kappa shape index (κ3) is 4.36. The molecule has 1 aliphatic heterocycles. The summed E-state index contributed by atoms with van der Waals surface area (Å²) in [6.07, 6.45) is -2.79. The first-order valence-corrected chi connectivity index (χ1v) is 11.2. The van der Waals surface area contributed by atoms with Crippen LogP contribution in [0, 0.1) is 6.66 Å². The molecule has 1 aliphatic rings. The van der Waals surface area contributed by atoms with Crippen LogP contribution in [0.2, 0.25) is 0 Å². The van der Waals surface area contributed by atoms with Crippen molar-refractivity contribution in [3.8, 4) is 0 Å². The molecular weight excluding hydrogens is 404 g/mol. The van der Waals surface area contributed by atoms with Crippen LogP contribution < -0.4 is 5.73 Å². The lowest BCUT2D eigenvalue weighted by atomic mass is 10.1. The molecule has 3 heterocycles. The first kappa shape index (κ1) is 20.3. The van der Waals surface area contributed by atoms with Crippen molar-refractivity contribution in [2.24, 2.45) is 0 Å². The highest BCUT2D eigenvalue weighted by Gasteiger charge is 2.45. The third-order valence-corrected chi connectivity index (χ3v) is 7.42. The standard InChI is InChI=1S/C12H17N5O8P2/c1-26(20,21)5-27(22,23)24-2-6-8(18)9(19)12(25-6)17-4-16-7-10(13)14-3-15-11(7)17/h1,3-4,6,8-9,12,18-19H,2,5H2,(H,20,21)(H,22,23)(H2,13,14,15)/t6-,8+,9?,12-/m1/s1. The van der Waals surface area contributed by atoms with E-state index in [9.17, 15) is 24.2 Å². The van der Waals surface area contributed by atoms with E-state index >= 15 is 0 Å². The van der Waals surface area contributed by atoms with Gasteiger partial charge in [-0.3, -0.25) is 13.7 Å². The van der Waals surface area contributed by atoms with E-state index in [0.29, 0.717) is 0 Å². The predicted molar refractivity (Wildman–Crippen MR) is 90.4 cm³/mol. The van der Waals surface area contributed by atoms with Crippen LogP contribution in [0.25, 0.3) is 11.2 Å². The number of ether oxygens (including phenoxy) is 1. The molecule has 27 heavy (non-hydrogen) atoms. The quantitative estimate of drug-likeness (QED) is 0.361. The van der Waals surface area contributed by atoms with E-state index in [0.717, 1.165) is 0 Å². The van der Waals surface area contributed by atoms with Gasteiger partial charge in [0.1, 0.15) is 36.1 Å². The Balaban J connectivity index is 1.75. The van der Waals surface area contributed by atoms with Crippen LogP contribution in [0.3, 0.4) is 0 Å². The van der Waals surface area contributed by atoms with Crippen LogP contribution in [0.1, 0.15) is 6.23 Å². The summed E-state index contributed by atoms with van der Waals surface area (Å²) in [5.74, 6) is -1.04. The van der Waals surface area contributed by atoms with Crippen LogP contribution in [0.5, 0.6) is 0 Å². The van der Waals surface area contributed by atoms with Crippen molar-refractivity contribution in [3.05, 3.63) is 19.3 Å². The molecule has 0 amide bonds. The number of hydrogen-bond acceptors (Lipinski definition) is 10. The van der Waals surface area contributed by atoms with Crippen molar-refractivity contribution in [1.82, 2.24) is 19.5 Å². The lowest BCUT2D eigenvalue weighted by molar-refractivity contribution is -0.0483. The van der Waals surface area contributed by atoms with Gasteiger partial charge < -0.3 is 35.0 Å². The molecule has 1 saturated heterocycles. The van der Waals surface area contributed by atoms with Gasteiger partial charge in [-0.1, -0.05) is 0 Å². The van der Waals surface area contributed by atoms with Gasteiger partial charge in [0, 0.05) is 0 Å². The molecule has 13 nitrogen and oxygen atoms in total. The van der Waals surface area contributed by atoms with Crippen molar-refractivity contribution < 1.29 is 38.4 Å². The van der Waals surface area contributed by atoms with E-state index in [1.54, 1.807) is 0 Å². The molecule has 6 N–H and O–H groups in total. The molecule has 2 aromatic rings. The van der Waals surface area contributed by atoms with Gasteiger partial charge in [0.05, 0.1) is 19.6 Å². The second kappa shape index (κ2) is 7.19. The minimum atomic E-state index is -4.51. The normalized spacial score (nSPS) is 30.3. The molecule has 3 unspecified atom stereocenters. The average molecular weight is 421 g/mol. The highest BCUT2D eigenvalue weighted by Crippen LogP contribution is 2.57. The zero-order valence-electron chi connectivity index (χ0n) is 13.6. The summed E-state index contributed by atoms with van der Waals surface area (Å²) in [5.41, 5.74) is 6.21. The SMILES string of the molecule is [CH]P(=O)(O)CP(=O)(O)OC[C@H]1O[C@@H](n2cnc3c(N)ncnc32)C(O)[C@H]1O. The number of aliphatic hydroxyl groups is 2. The second-order valence-electron chi connectivity index (χ2n) is 5.96. The number of aliphatic hydroxyl groups excluding tert-OH is 2. The van der Waals surface area contributed by atoms with Gasteiger partial charge in [0.25, 0.3) is 0 Å². The van der Waals surface area contributed by atoms with E-state index in [4.69, 9.17) is 26.6 Å². The Bertz CT molecular complexity index is 932. The highest BCUT2D eigenvalue weighted by atomic mass is 31.2.